The van der Waals surface area contributed by atoms with Gasteiger partial charge in [0.25, 0.3) is 0 Å². The summed E-state index contributed by atoms with van der Waals surface area (Å²) in [5, 5.41) is 1.13. The smallest absolute Gasteiger partial charge is 0.172 e. The van der Waals surface area contributed by atoms with Crippen molar-refractivity contribution in [2.24, 2.45) is 40.9 Å². The van der Waals surface area contributed by atoms with Gasteiger partial charge in [-0.15, -0.1) is 9.24 Å². The lowest BCUT2D eigenvalue weighted by Gasteiger charge is -2.75. The molecular weight excluding hydrogens is 710 g/mol. The molecule has 0 amide bonds. The van der Waals surface area contributed by atoms with Crippen LogP contribution >= 0.6 is 17.2 Å². The summed E-state index contributed by atoms with van der Waals surface area (Å²) in [5.74, 6) is 4.76. The Morgan fingerprint density at radius 3 is 1.47 bits per heavy atom. The third-order valence-corrected chi connectivity index (χ3v) is 22.9. The molecule has 0 radical (unpaired) electrons. The average molecular weight is 775 g/mol. The van der Waals surface area contributed by atoms with E-state index in [-0.39, 0.29) is 19.3 Å². The van der Waals surface area contributed by atoms with Gasteiger partial charge in [-0.05, 0) is 191 Å². The lowest BCUT2D eigenvalue weighted by Crippen LogP contribution is -2.82. The predicted molar refractivity (Wildman–Crippen MR) is 227 cm³/mol. The van der Waals surface area contributed by atoms with Crippen molar-refractivity contribution < 1.29 is 14.2 Å². The van der Waals surface area contributed by atoms with Gasteiger partial charge in [-0.25, -0.2) is 0 Å². The summed E-state index contributed by atoms with van der Waals surface area (Å²) in [6.07, 6.45) is 24.9. The van der Waals surface area contributed by atoms with Gasteiger partial charge in [0.15, 0.2) is 11.6 Å². The minimum Gasteiger partial charge on any atom is -0.343 e. The molecule has 12 fully saturated rings. The molecule has 3 nitrogen and oxygen atoms in total. The number of hydrogen-bond acceptors (Lipinski definition) is 3. The first kappa shape index (κ1) is 35.6. The second-order valence-electron chi connectivity index (χ2n) is 22.1. The van der Waals surface area contributed by atoms with Crippen LogP contribution in [0.1, 0.15) is 135 Å². The molecule has 6 atom stereocenters. The molecule has 13 aliphatic rings. The van der Waals surface area contributed by atoms with E-state index in [4.69, 9.17) is 14.2 Å². The molecule has 4 heterocycles. The standard InChI is InChI=1S/C50H64O3P2/c1-44-29-46(3)52-45(2,30-47(4,51-44)53-46)50(44,31-54)43-40(21-41(38-11-7-5-8-12-38)42(43)39-13-9-6-10-14-39)28-55(48-22-32-15-33(23-48)17-34(16-32)24-48)49-25-35-18-36(26-49)20-37(19-35)27-49/h5-14,21,32-37,42H,15-20,22-31,54H2,1-4H3. The van der Waals surface area contributed by atoms with Crippen LogP contribution in [0.25, 0.3) is 5.57 Å². The molecule has 12 bridgehead atoms. The third-order valence-electron chi connectivity index (χ3n) is 18.2. The van der Waals surface area contributed by atoms with Crippen LogP contribution in [-0.4, -0.2) is 45.4 Å². The Balaban J connectivity index is 1.10. The second kappa shape index (κ2) is 11.7. The van der Waals surface area contributed by atoms with E-state index < -0.39 is 22.8 Å². The zero-order valence-electron chi connectivity index (χ0n) is 34.0. The third kappa shape index (κ3) is 4.92. The van der Waals surface area contributed by atoms with Gasteiger partial charge in [0.05, 0.1) is 16.6 Å². The highest BCUT2D eigenvalue weighted by atomic mass is 31.1. The summed E-state index contributed by atoms with van der Waals surface area (Å²) in [5.41, 5.74) is 6.38. The van der Waals surface area contributed by atoms with E-state index in [9.17, 15) is 0 Å². The zero-order chi connectivity index (χ0) is 37.2. The fraction of sp³-hybridized carbons (Fsp3) is 0.680. The Kier molecular flexibility index (Phi) is 7.56. The van der Waals surface area contributed by atoms with Gasteiger partial charge < -0.3 is 14.2 Å². The molecule has 6 unspecified atom stereocenters. The summed E-state index contributed by atoms with van der Waals surface area (Å²) in [7, 11) is 3.06. The van der Waals surface area contributed by atoms with E-state index in [1.54, 1.807) is 11.1 Å². The average Bonchev–Trinajstić information content (AvgIpc) is 3.48. The molecule has 292 valence electrons. The summed E-state index contributed by atoms with van der Waals surface area (Å²) in [4.78, 5) is 0. The van der Waals surface area contributed by atoms with Gasteiger partial charge >= 0.3 is 0 Å². The van der Waals surface area contributed by atoms with Crippen LogP contribution in [0.15, 0.2) is 77.9 Å². The quantitative estimate of drug-likeness (QED) is 0.250. The van der Waals surface area contributed by atoms with Crippen molar-refractivity contribution in [1.29, 1.82) is 0 Å². The van der Waals surface area contributed by atoms with Crippen LogP contribution < -0.4 is 0 Å². The molecule has 4 aliphatic heterocycles. The number of allylic oxidation sites excluding steroid dienone is 3. The topological polar surface area (TPSA) is 27.7 Å². The summed E-state index contributed by atoms with van der Waals surface area (Å²) in [6, 6.07) is 23.1. The van der Waals surface area contributed by atoms with Gasteiger partial charge in [0.2, 0.25) is 0 Å². The number of ether oxygens (including phenoxy) is 3. The first-order valence-electron chi connectivity index (χ1n) is 22.5. The van der Waals surface area contributed by atoms with Gasteiger partial charge in [0.1, 0.15) is 0 Å². The first-order valence-corrected chi connectivity index (χ1v) is 24.8. The molecule has 0 spiro atoms. The number of rotatable bonds is 8. The van der Waals surface area contributed by atoms with Crippen molar-refractivity contribution in [2.45, 2.75) is 157 Å². The minimum absolute atomic E-state index is 0.156. The van der Waals surface area contributed by atoms with Crippen molar-refractivity contribution in [3.8, 4) is 0 Å². The normalized spacial score (nSPS) is 51.7. The Morgan fingerprint density at radius 2 is 1.04 bits per heavy atom. The van der Waals surface area contributed by atoms with Crippen LogP contribution in [0.5, 0.6) is 0 Å². The van der Waals surface area contributed by atoms with Crippen LogP contribution in [0.4, 0.5) is 0 Å². The fourth-order valence-electron chi connectivity index (χ4n) is 18.1. The molecule has 0 aromatic heterocycles. The van der Waals surface area contributed by atoms with Crippen molar-refractivity contribution in [3.63, 3.8) is 0 Å². The van der Waals surface area contributed by atoms with Gasteiger partial charge in [-0.1, -0.05) is 74.7 Å². The maximum atomic E-state index is 7.46. The summed E-state index contributed by atoms with van der Waals surface area (Å²) < 4.78 is 21.6. The summed E-state index contributed by atoms with van der Waals surface area (Å²) in [6.45, 7) is 9.32. The van der Waals surface area contributed by atoms with E-state index in [2.05, 4.69) is 104 Å². The van der Waals surface area contributed by atoms with E-state index in [1.807, 2.05) is 0 Å². The maximum absolute atomic E-state index is 7.46. The molecule has 15 rings (SSSR count). The monoisotopic (exact) mass is 774 g/mol. The predicted octanol–water partition coefficient (Wildman–Crippen LogP) is 12.3. The second-order valence-corrected chi connectivity index (χ2v) is 25.6. The van der Waals surface area contributed by atoms with Crippen molar-refractivity contribution >= 4 is 22.7 Å². The molecule has 2 aromatic carbocycles. The fourth-order valence-corrected chi connectivity index (χ4v) is 24.3. The molecule has 5 heteroatoms. The SMILES string of the molecule is CC12CC3(C)OC(C)(CC(C)(O1)C3(CP)C1=C(CP(C34CC5CC(CC(C5)C3)C4)C34CC5CC(CC(C5)C3)C4)C=C(c3ccccc3)C1c1ccccc1)O2. The Morgan fingerprint density at radius 1 is 0.600 bits per heavy atom. The highest BCUT2D eigenvalue weighted by molar-refractivity contribution is 7.61. The van der Waals surface area contributed by atoms with E-state index >= 15 is 0 Å². The number of hydrogen-bond donors (Lipinski definition) is 0. The van der Waals surface area contributed by atoms with E-state index in [0.29, 0.717) is 10.3 Å². The molecule has 9 aliphatic carbocycles. The van der Waals surface area contributed by atoms with Crippen LogP contribution in [-0.2, 0) is 14.2 Å². The van der Waals surface area contributed by atoms with Crippen LogP contribution in [0, 0.1) is 40.9 Å². The van der Waals surface area contributed by atoms with Crippen LogP contribution in [0.3, 0.4) is 0 Å². The highest BCUT2D eigenvalue weighted by Crippen LogP contribution is 2.81. The van der Waals surface area contributed by atoms with Gasteiger partial charge in [-0.3, -0.25) is 0 Å². The van der Waals surface area contributed by atoms with Crippen LogP contribution in [0.2, 0.25) is 0 Å². The molecule has 4 saturated heterocycles. The Labute approximate surface area is 334 Å². The molecular formula is C50H64O3P2. The van der Waals surface area contributed by atoms with Crippen molar-refractivity contribution in [1.82, 2.24) is 0 Å². The minimum atomic E-state index is -0.652. The highest BCUT2D eigenvalue weighted by Gasteiger charge is 2.79. The Bertz CT molecular complexity index is 1810. The van der Waals surface area contributed by atoms with Gasteiger partial charge in [0, 0.05) is 18.8 Å². The largest absolute Gasteiger partial charge is 0.343 e. The zero-order valence-corrected chi connectivity index (χ0v) is 36.0. The van der Waals surface area contributed by atoms with Gasteiger partial charge in [-0.2, -0.15) is 0 Å². The van der Waals surface area contributed by atoms with Crippen molar-refractivity contribution in [2.75, 3.05) is 12.3 Å². The summed E-state index contributed by atoms with van der Waals surface area (Å²) >= 11 is 0. The number of benzene rings is 2. The first-order chi connectivity index (χ1) is 26.4. The van der Waals surface area contributed by atoms with E-state index in [0.717, 1.165) is 54.5 Å². The molecule has 55 heavy (non-hydrogen) atoms. The molecule has 2 aromatic rings. The lowest BCUT2D eigenvalue weighted by molar-refractivity contribution is -0.539. The Hall–Kier alpha value is -1.34. The van der Waals surface area contributed by atoms with E-state index in [1.165, 1.54) is 99.9 Å². The maximum Gasteiger partial charge on any atom is 0.172 e. The van der Waals surface area contributed by atoms with Crippen molar-refractivity contribution in [3.05, 3.63) is 89.0 Å². The molecule has 0 N–H and O–H groups in total. The lowest BCUT2D eigenvalue weighted by atomic mass is 9.49. The molecule has 8 saturated carbocycles.